The second-order valence-corrected chi connectivity index (χ2v) is 15.2. The van der Waals surface area contributed by atoms with Crippen LogP contribution in [0.4, 0.5) is 0 Å². The van der Waals surface area contributed by atoms with Gasteiger partial charge in [0.2, 0.25) is 0 Å². The zero-order valence-electron chi connectivity index (χ0n) is 23.7. The first-order chi connectivity index (χ1) is 16.2. The van der Waals surface area contributed by atoms with Gasteiger partial charge in [0.15, 0.2) is 0 Å². The first kappa shape index (κ1) is 25.8. The second kappa shape index (κ2) is 8.08. The van der Waals surface area contributed by atoms with Crippen LogP contribution in [-0.4, -0.2) is 23.8 Å². The van der Waals surface area contributed by atoms with E-state index in [1.807, 2.05) is 0 Å². The molecule has 3 nitrogen and oxygen atoms in total. The summed E-state index contributed by atoms with van der Waals surface area (Å²) in [4.78, 5) is 11.9. The second-order valence-electron chi connectivity index (χ2n) is 15.2. The normalized spacial score (nSPS) is 52.5. The maximum atomic E-state index is 11.9. The SMILES string of the molecule is C=C(C)C1CC[C@]2(COC(C)=O)CC[C@]3(C)[C@H](CCC4[C@@]5(C)CC[C@@H](O)C(C)(C)C5CC[C@]43C)C12. The van der Waals surface area contributed by atoms with Crippen LogP contribution in [0.3, 0.4) is 0 Å². The monoisotopic (exact) mass is 484 g/mol. The first-order valence-corrected chi connectivity index (χ1v) is 14.7. The molecule has 35 heavy (non-hydrogen) atoms. The summed E-state index contributed by atoms with van der Waals surface area (Å²) in [7, 11) is 0. The highest BCUT2D eigenvalue weighted by molar-refractivity contribution is 5.65. The van der Waals surface area contributed by atoms with Gasteiger partial charge in [-0.2, -0.15) is 0 Å². The van der Waals surface area contributed by atoms with Crippen LogP contribution in [0.25, 0.3) is 0 Å². The molecule has 10 atom stereocenters. The van der Waals surface area contributed by atoms with Crippen LogP contribution in [0.1, 0.15) is 113 Å². The maximum Gasteiger partial charge on any atom is 0.302 e. The van der Waals surface area contributed by atoms with Gasteiger partial charge in [-0.05, 0) is 122 Å². The molecule has 0 saturated heterocycles. The van der Waals surface area contributed by atoms with Crippen LogP contribution in [0.5, 0.6) is 0 Å². The van der Waals surface area contributed by atoms with Gasteiger partial charge in [0, 0.05) is 12.3 Å². The van der Waals surface area contributed by atoms with Gasteiger partial charge in [0.05, 0.1) is 12.7 Å². The molecule has 4 unspecified atom stereocenters. The Balaban J connectivity index is 1.53. The molecule has 0 heterocycles. The summed E-state index contributed by atoms with van der Waals surface area (Å²) in [6, 6.07) is 0. The molecule has 198 valence electrons. The molecule has 5 fully saturated rings. The summed E-state index contributed by atoms with van der Waals surface area (Å²) in [6.07, 6.45) is 12.0. The van der Waals surface area contributed by atoms with Crippen molar-refractivity contribution in [3.05, 3.63) is 12.2 Å². The van der Waals surface area contributed by atoms with Crippen LogP contribution in [0.2, 0.25) is 0 Å². The van der Waals surface area contributed by atoms with Crippen molar-refractivity contribution >= 4 is 5.97 Å². The Bertz CT molecular complexity index is 891. The molecule has 0 spiro atoms. The average molecular weight is 485 g/mol. The van der Waals surface area contributed by atoms with Crippen molar-refractivity contribution in [2.24, 2.45) is 56.7 Å². The molecule has 0 amide bonds. The Kier molecular flexibility index (Phi) is 5.96. The number of ether oxygens (including phenoxy) is 1. The Labute approximate surface area is 214 Å². The summed E-state index contributed by atoms with van der Waals surface area (Å²) in [5.41, 5.74) is 2.45. The molecule has 5 aliphatic rings. The van der Waals surface area contributed by atoms with Crippen molar-refractivity contribution in [2.75, 3.05) is 6.61 Å². The third-order valence-electron chi connectivity index (χ3n) is 13.8. The molecule has 3 heteroatoms. The number of carbonyl (C=O) groups excluding carboxylic acids is 1. The molecule has 0 aliphatic heterocycles. The van der Waals surface area contributed by atoms with Gasteiger partial charge >= 0.3 is 5.97 Å². The van der Waals surface area contributed by atoms with Crippen LogP contribution in [0.15, 0.2) is 12.2 Å². The van der Waals surface area contributed by atoms with E-state index in [-0.39, 0.29) is 22.9 Å². The van der Waals surface area contributed by atoms with Crippen molar-refractivity contribution in [2.45, 2.75) is 119 Å². The fourth-order valence-electron chi connectivity index (χ4n) is 11.8. The predicted molar refractivity (Wildman–Crippen MR) is 142 cm³/mol. The average Bonchev–Trinajstić information content (AvgIpc) is 3.16. The Morgan fingerprint density at radius 1 is 0.857 bits per heavy atom. The highest BCUT2D eigenvalue weighted by atomic mass is 16.5. The van der Waals surface area contributed by atoms with Crippen molar-refractivity contribution in [3.63, 3.8) is 0 Å². The number of esters is 1. The largest absolute Gasteiger partial charge is 0.465 e. The zero-order valence-corrected chi connectivity index (χ0v) is 23.7. The Hall–Kier alpha value is -0.830. The minimum absolute atomic E-state index is 0.00826. The molecule has 0 aromatic carbocycles. The summed E-state index contributed by atoms with van der Waals surface area (Å²) >= 11 is 0. The fourth-order valence-corrected chi connectivity index (χ4v) is 11.8. The molecule has 5 rings (SSSR count). The van der Waals surface area contributed by atoms with Crippen molar-refractivity contribution < 1.29 is 14.6 Å². The molecule has 0 aromatic heterocycles. The Morgan fingerprint density at radius 3 is 2.23 bits per heavy atom. The lowest BCUT2D eigenvalue weighted by atomic mass is 9.32. The minimum atomic E-state index is -0.164. The smallest absolute Gasteiger partial charge is 0.302 e. The van der Waals surface area contributed by atoms with Crippen molar-refractivity contribution in [3.8, 4) is 0 Å². The summed E-state index contributed by atoms with van der Waals surface area (Å²) < 4.78 is 5.79. The topological polar surface area (TPSA) is 46.5 Å². The zero-order chi connectivity index (χ0) is 25.6. The van der Waals surface area contributed by atoms with E-state index in [0.29, 0.717) is 46.5 Å². The molecule has 5 saturated carbocycles. The lowest BCUT2D eigenvalue weighted by molar-refractivity contribution is -0.249. The quantitative estimate of drug-likeness (QED) is 0.332. The van der Waals surface area contributed by atoms with Gasteiger partial charge in [0.25, 0.3) is 0 Å². The van der Waals surface area contributed by atoms with Crippen molar-refractivity contribution in [1.29, 1.82) is 0 Å². The molecule has 0 bridgehead atoms. The van der Waals surface area contributed by atoms with E-state index >= 15 is 0 Å². The van der Waals surface area contributed by atoms with E-state index < -0.39 is 0 Å². The lowest BCUT2D eigenvalue weighted by Crippen LogP contribution is -2.66. The van der Waals surface area contributed by atoms with E-state index in [1.54, 1.807) is 6.92 Å². The van der Waals surface area contributed by atoms with E-state index in [9.17, 15) is 9.90 Å². The molecular formula is C32H52O3. The van der Waals surface area contributed by atoms with E-state index in [2.05, 4.69) is 48.1 Å². The van der Waals surface area contributed by atoms with Gasteiger partial charge in [-0.25, -0.2) is 0 Å². The van der Waals surface area contributed by atoms with Crippen LogP contribution in [0, 0.1) is 56.7 Å². The van der Waals surface area contributed by atoms with E-state index in [4.69, 9.17) is 4.74 Å². The summed E-state index contributed by atoms with van der Waals surface area (Å²) in [5.74, 6) is 3.04. The van der Waals surface area contributed by atoms with E-state index in [0.717, 1.165) is 12.3 Å². The molecule has 0 aromatic rings. The lowest BCUT2D eigenvalue weighted by Gasteiger charge is -2.73. The third-order valence-corrected chi connectivity index (χ3v) is 13.8. The number of rotatable bonds is 3. The summed E-state index contributed by atoms with van der Waals surface area (Å²) in [5, 5.41) is 10.9. The fraction of sp³-hybridized carbons (Fsp3) is 0.906. The number of hydrogen-bond donors (Lipinski definition) is 1. The number of hydrogen-bond acceptors (Lipinski definition) is 3. The highest BCUT2D eigenvalue weighted by Crippen LogP contribution is 2.77. The molecule has 1 N–H and O–H groups in total. The number of fused-ring (bicyclic) bond motifs is 7. The van der Waals surface area contributed by atoms with Crippen LogP contribution < -0.4 is 0 Å². The highest BCUT2D eigenvalue weighted by Gasteiger charge is 2.70. The van der Waals surface area contributed by atoms with Gasteiger partial charge in [-0.3, -0.25) is 4.79 Å². The van der Waals surface area contributed by atoms with Gasteiger partial charge in [0.1, 0.15) is 0 Å². The van der Waals surface area contributed by atoms with Crippen molar-refractivity contribution in [1.82, 2.24) is 0 Å². The molecule has 5 aliphatic carbocycles. The van der Waals surface area contributed by atoms with Gasteiger partial charge < -0.3 is 9.84 Å². The molecule has 0 radical (unpaired) electrons. The van der Waals surface area contributed by atoms with Gasteiger partial charge in [-0.1, -0.05) is 46.8 Å². The number of aliphatic hydroxyl groups is 1. The first-order valence-electron chi connectivity index (χ1n) is 14.7. The summed E-state index contributed by atoms with van der Waals surface area (Å²) in [6.45, 7) is 21.5. The third kappa shape index (κ3) is 3.34. The maximum absolute atomic E-state index is 11.9. The van der Waals surface area contributed by atoms with Crippen LogP contribution in [-0.2, 0) is 9.53 Å². The minimum Gasteiger partial charge on any atom is -0.465 e. The Morgan fingerprint density at radius 2 is 1.57 bits per heavy atom. The molecular weight excluding hydrogens is 432 g/mol. The number of carbonyl (C=O) groups is 1. The van der Waals surface area contributed by atoms with E-state index in [1.165, 1.54) is 63.4 Å². The number of aliphatic hydroxyl groups excluding tert-OH is 1. The standard InChI is InChI=1S/C32H52O3/c1-20(2)22-11-16-32(19-35-21(3)33)18-17-30(7)23(27(22)32)9-10-25-29(6)14-13-26(34)28(4,5)24(29)12-15-31(25,30)8/h22-27,34H,1,9-19H2,2-8H3/t22?,23-,24?,25?,26-,27?,29+,30-,31-,32-/m1/s1. The van der Waals surface area contributed by atoms with Crippen LogP contribution >= 0.6 is 0 Å². The van der Waals surface area contributed by atoms with Gasteiger partial charge in [-0.15, -0.1) is 0 Å². The predicted octanol–water partition coefficient (Wildman–Crippen LogP) is 7.57. The number of allylic oxidation sites excluding steroid dienone is 1.